The number of pyridine rings is 1. The van der Waals surface area contributed by atoms with Crippen LogP contribution in [0.3, 0.4) is 0 Å². The van der Waals surface area contributed by atoms with Gasteiger partial charge in [-0.2, -0.15) is 0 Å². The van der Waals surface area contributed by atoms with Crippen LogP contribution >= 0.6 is 15.9 Å². The number of hydrogen-bond acceptors (Lipinski definition) is 3. The number of aromatic amines is 1. The Labute approximate surface area is 137 Å². The van der Waals surface area contributed by atoms with E-state index in [9.17, 15) is 4.79 Å². The summed E-state index contributed by atoms with van der Waals surface area (Å²) in [5.41, 5.74) is 1.92. The second kappa shape index (κ2) is 5.35. The van der Waals surface area contributed by atoms with Crippen LogP contribution in [0.15, 0.2) is 22.9 Å². The molecule has 2 fully saturated rings. The molecule has 22 heavy (non-hydrogen) atoms. The molecule has 2 aliphatic rings. The predicted octanol–water partition coefficient (Wildman–Crippen LogP) is 2.44. The molecule has 4 rings (SSSR count). The molecule has 1 atom stereocenters. The molecule has 5 nitrogen and oxygen atoms in total. The lowest BCUT2D eigenvalue weighted by Gasteiger charge is -2.23. The van der Waals surface area contributed by atoms with Gasteiger partial charge in [-0.25, -0.2) is 4.98 Å². The van der Waals surface area contributed by atoms with Gasteiger partial charge in [-0.05, 0) is 65.7 Å². The van der Waals surface area contributed by atoms with Gasteiger partial charge in [0.1, 0.15) is 5.65 Å². The van der Waals surface area contributed by atoms with Crippen LogP contribution in [0.25, 0.3) is 11.0 Å². The number of amides is 1. The Bertz CT molecular complexity index is 720. The van der Waals surface area contributed by atoms with E-state index < -0.39 is 0 Å². The molecule has 3 N–H and O–H groups in total. The molecule has 2 aromatic rings. The number of carbonyl (C=O) groups excluding carboxylic acids is 1. The van der Waals surface area contributed by atoms with E-state index >= 15 is 0 Å². The summed E-state index contributed by atoms with van der Waals surface area (Å²) in [6.07, 6.45) is 7.23. The van der Waals surface area contributed by atoms with Crippen LogP contribution in [0, 0.1) is 11.3 Å². The van der Waals surface area contributed by atoms with E-state index in [4.69, 9.17) is 0 Å². The standard InChI is InChI=1S/C16H19BrN4O/c17-11-5-12-13(9-20-14(12)19-8-11)15(22)21-7-10-6-16(10)1-3-18-4-2-16/h5,8-10,18H,1-4,6-7H2,(H,19,20)(H,21,22). The summed E-state index contributed by atoms with van der Waals surface area (Å²) in [6.45, 7) is 3.02. The van der Waals surface area contributed by atoms with Crippen LogP contribution in [0.5, 0.6) is 0 Å². The molecule has 0 bridgehead atoms. The summed E-state index contributed by atoms with van der Waals surface area (Å²) < 4.78 is 0.879. The maximum Gasteiger partial charge on any atom is 0.253 e. The zero-order valence-electron chi connectivity index (χ0n) is 12.3. The SMILES string of the molecule is O=C(NCC1CC12CCNCC2)c1c[nH]c2ncc(Br)cc12. The average Bonchev–Trinajstić information content (AvgIpc) is 3.01. The van der Waals surface area contributed by atoms with Crippen molar-refractivity contribution in [1.82, 2.24) is 20.6 Å². The Balaban J connectivity index is 1.43. The van der Waals surface area contributed by atoms with Gasteiger partial charge < -0.3 is 15.6 Å². The highest BCUT2D eigenvalue weighted by atomic mass is 79.9. The molecule has 6 heteroatoms. The lowest BCUT2D eigenvalue weighted by molar-refractivity contribution is 0.0951. The zero-order valence-corrected chi connectivity index (χ0v) is 13.9. The highest BCUT2D eigenvalue weighted by Gasteiger charge is 2.53. The molecule has 1 spiro atoms. The third-order valence-corrected chi connectivity index (χ3v) is 5.64. The monoisotopic (exact) mass is 362 g/mol. The van der Waals surface area contributed by atoms with Crippen LogP contribution in [0.2, 0.25) is 0 Å². The molecule has 1 aliphatic heterocycles. The molecule has 1 unspecified atom stereocenters. The highest BCUT2D eigenvalue weighted by Crippen LogP contribution is 2.58. The molecule has 1 saturated heterocycles. The molecule has 0 aromatic carbocycles. The predicted molar refractivity (Wildman–Crippen MR) is 88.8 cm³/mol. The van der Waals surface area contributed by atoms with Gasteiger partial charge in [-0.1, -0.05) is 0 Å². The number of halogens is 1. The van der Waals surface area contributed by atoms with Gasteiger partial charge >= 0.3 is 0 Å². The summed E-state index contributed by atoms with van der Waals surface area (Å²) in [5.74, 6) is 0.635. The molecule has 1 aliphatic carbocycles. The van der Waals surface area contributed by atoms with Crippen molar-refractivity contribution in [3.63, 3.8) is 0 Å². The first-order chi connectivity index (χ1) is 10.7. The fourth-order valence-electron chi connectivity index (χ4n) is 3.73. The van der Waals surface area contributed by atoms with Crippen molar-refractivity contribution in [1.29, 1.82) is 0 Å². The lowest BCUT2D eigenvalue weighted by Crippen LogP contribution is -2.32. The summed E-state index contributed by atoms with van der Waals surface area (Å²) in [4.78, 5) is 19.8. The van der Waals surface area contributed by atoms with Crippen molar-refractivity contribution >= 4 is 32.9 Å². The second-order valence-electron chi connectivity index (χ2n) is 6.48. The van der Waals surface area contributed by atoms with E-state index in [0.717, 1.165) is 35.1 Å². The topological polar surface area (TPSA) is 69.8 Å². The maximum atomic E-state index is 12.4. The summed E-state index contributed by atoms with van der Waals surface area (Å²) in [5, 5.41) is 7.38. The van der Waals surface area contributed by atoms with Crippen molar-refractivity contribution in [2.75, 3.05) is 19.6 Å². The lowest BCUT2D eigenvalue weighted by atomic mass is 9.92. The minimum atomic E-state index is -0.0119. The first-order valence-electron chi connectivity index (χ1n) is 7.79. The third-order valence-electron chi connectivity index (χ3n) is 5.21. The fraction of sp³-hybridized carbons (Fsp3) is 0.500. The van der Waals surface area contributed by atoms with Gasteiger partial charge in [-0.15, -0.1) is 0 Å². The maximum absolute atomic E-state index is 12.4. The van der Waals surface area contributed by atoms with Crippen molar-refractivity contribution in [3.05, 3.63) is 28.5 Å². The van der Waals surface area contributed by atoms with E-state index in [1.807, 2.05) is 6.07 Å². The van der Waals surface area contributed by atoms with Crippen LogP contribution in [0.4, 0.5) is 0 Å². The third kappa shape index (κ3) is 2.44. The zero-order chi connectivity index (χ0) is 15.2. The Hall–Kier alpha value is -1.40. The molecule has 0 radical (unpaired) electrons. The number of rotatable bonds is 3. The Morgan fingerprint density at radius 3 is 3.09 bits per heavy atom. The van der Waals surface area contributed by atoms with E-state index in [1.54, 1.807) is 12.4 Å². The first kappa shape index (κ1) is 14.2. The summed E-state index contributed by atoms with van der Waals surface area (Å²) in [6, 6.07) is 1.93. The van der Waals surface area contributed by atoms with Crippen molar-refractivity contribution in [2.45, 2.75) is 19.3 Å². The number of carbonyl (C=O) groups is 1. The van der Waals surface area contributed by atoms with Gasteiger partial charge in [0, 0.05) is 28.8 Å². The minimum Gasteiger partial charge on any atom is -0.352 e. The molecule has 116 valence electrons. The fourth-order valence-corrected chi connectivity index (χ4v) is 4.07. The molecule has 2 aromatic heterocycles. The van der Waals surface area contributed by atoms with Crippen LogP contribution in [-0.2, 0) is 0 Å². The molecular formula is C16H19BrN4O. The van der Waals surface area contributed by atoms with Crippen LogP contribution in [0.1, 0.15) is 29.6 Å². The smallest absolute Gasteiger partial charge is 0.253 e. The van der Waals surface area contributed by atoms with Crippen LogP contribution < -0.4 is 10.6 Å². The van der Waals surface area contributed by atoms with E-state index in [0.29, 0.717) is 16.9 Å². The number of fused-ring (bicyclic) bond motifs is 1. The minimum absolute atomic E-state index is 0.0119. The molecular weight excluding hydrogens is 344 g/mol. The number of H-pyrrole nitrogens is 1. The highest BCUT2D eigenvalue weighted by molar-refractivity contribution is 9.10. The van der Waals surface area contributed by atoms with Gasteiger partial charge in [0.25, 0.3) is 5.91 Å². The second-order valence-corrected chi connectivity index (χ2v) is 7.39. The molecule has 1 saturated carbocycles. The normalized spacial score (nSPS) is 22.9. The number of nitrogens with zero attached hydrogens (tertiary/aromatic N) is 1. The molecule has 1 amide bonds. The largest absolute Gasteiger partial charge is 0.352 e. The van der Waals surface area contributed by atoms with Crippen LogP contribution in [-0.4, -0.2) is 35.5 Å². The number of hydrogen-bond donors (Lipinski definition) is 3. The Morgan fingerprint density at radius 1 is 1.45 bits per heavy atom. The summed E-state index contributed by atoms with van der Waals surface area (Å²) >= 11 is 3.41. The van der Waals surface area contributed by atoms with Gasteiger partial charge in [0.2, 0.25) is 0 Å². The molecule has 3 heterocycles. The number of piperidine rings is 1. The van der Waals surface area contributed by atoms with Crippen molar-refractivity contribution in [3.8, 4) is 0 Å². The van der Waals surface area contributed by atoms with Gasteiger partial charge in [0.05, 0.1) is 5.56 Å². The quantitative estimate of drug-likeness (QED) is 0.785. The van der Waals surface area contributed by atoms with Crippen molar-refractivity contribution in [2.24, 2.45) is 11.3 Å². The average molecular weight is 363 g/mol. The van der Waals surface area contributed by atoms with E-state index in [1.165, 1.54) is 19.3 Å². The number of aromatic nitrogens is 2. The number of nitrogens with one attached hydrogen (secondary N) is 3. The van der Waals surface area contributed by atoms with Crippen molar-refractivity contribution < 1.29 is 4.79 Å². The van der Waals surface area contributed by atoms with Gasteiger partial charge in [-0.3, -0.25) is 4.79 Å². The van der Waals surface area contributed by atoms with E-state index in [2.05, 4.69) is 36.5 Å². The first-order valence-corrected chi connectivity index (χ1v) is 8.59. The van der Waals surface area contributed by atoms with Gasteiger partial charge in [0.15, 0.2) is 0 Å². The Kier molecular flexibility index (Phi) is 3.46. The van der Waals surface area contributed by atoms with E-state index in [-0.39, 0.29) is 5.91 Å². The summed E-state index contributed by atoms with van der Waals surface area (Å²) in [7, 11) is 0. The Morgan fingerprint density at radius 2 is 2.27 bits per heavy atom.